The predicted molar refractivity (Wildman–Crippen MR) is 121 cm³/mol. The minimum absolute atomic E-state index is 0.0824. The Kier molecular flexibility index (Phi) is 5.66. The Bertz CT molecular complexity index is 1190. The number of likely N-dealkylation sites (tertiary alicyclic amines) is 1. The minimum Gasteiger partial charge on any atom is -0.335 e. The molecule has 5 rings (SSSR count). The van der Waals surface area contributed by atoms with Crippen LogP contribution in [0.25, 0.3) is 10.1 Å². The Balaban J connectivity index is 1.24. The first-order chi connectivity index (χ1) is 15.7. The van der Waals surface area contributed by atoms with E-state index in [9.17, 15) is 22.8 Å². The maximum atomic E-state index is 13.9. The molecule has 2 amide bonds. The van der Waals surface area contributed by atoms with Gasteiger partial charge in [-0.25, -0.2) is 4.98 Å². The van der Waals surface area contributed by atoms with Gasteiger partial charge < -0.3 is 9.80 Å². The average molecular weight is 495 g/mol. The highest BCUT2D eigenvalue weighted by molar-refractivity contribution is 7.21. The van der Waals surface area contributed by atoms with Gasteiger partial charge in [-0.1, -0.05) is 11.6 Å². The van der Waals surface area contributed by atoms with Gasteiger partial charge in [-0.3, -0.25) is 14.5 Å². The van der Waals surface area contributed by atoms with Crippen molar-refractivity contribution in [2.24, 2.45) is 0 Å². The first-order valence-electron chi connectivity index (χ1n) is 10.5. The van der Waals surface area contributed by atoms with Gasteiger partial charge in [0.1, 0.15) is 10.6 Å². The van der Waals surface area contributed by atoms with Crippen molar-refractivity contribution in [3.63, 3.8) is 0 Å². The fourth-order valence-electron chi connectivity index (χ4n) is 4.41. The first-order valence-corrected chi connectivity index (χ1v) is 12.3. The highest BCUT2D eigenvalue weighted by Crippen LogP contribution is 2.43. The van der Waals surface area contributed by atoms with Crippen LogP contribution in [0.2, 0.25) is 0 Å². The van der Waals surface area contributed by atoms with Crippen molar-refractivity contribution in [3.05, 3.63) is 50.8 Å². The number of hydrogen-bond acceptors (Lipinski definition) is 6. The Morgan fingerprint density at radius 2 is 1.79 bits per heavy atom. The summed E-state index contributed by atoms with van der Waals surface area (Å²) in [4.78, 5) is 34.7. The van der Waals surface area contributed by atoms with Gasteiger partial charge in [-0.2, -0.15) is 13.2 Å². The van der Waals surface area contributed by atoms with Crippen LogP contribution in [-0.2, 0) is 6.18 Å². The third kappa shape index (κ3) is 4.13. The van der Waals surface area contributed by atoms with Gasteiger partial charge in [0, 0.05) is 60.8 Å². The van der Waals surface area contributed by atoms with E-state index in [1.165, 1.54) is 22.3 Å². The number of nitrogens with zero attached hydrogens (tertiary/aromatic N) is 4. The van der Waals surface area contributed by atoms with E-state index < -0.39 is 17.6 Å². The molecule has 0 radical (unpaired) electrons. The molecule has 0 spiro atoms. The van der Waals surface area contributed by atoms with E-state index in [0.717, 1.165) is 16.9 Å². The van der Waals surface area contributed by atoms with Crippen molar-refractivity contribution in [2.75, 3.05) is 39.3 Å². The highest BCUT2D eigenvalue weighted by Gasteiger charge is 2.43. The summed E-state index contributed by atoms with van der Waals surface area (Å²) >= 11 is 2.29. The number of carbonyl (C=O) groups is 2. The van der Waals surface area contributed by atoms with Gasteiger partial charge in [-0.05, 0) is 19.1 Å². The number of benzene rings is 1. The Morgan fingerprint density at radius 1 is 1.06 bits per heavy atom. The molecule has 0 atom stereocenters. The summed E-state index contributed by atoms with van der Waals surface area (Å²) in [6.45, 7) is 4.98. The van der Waals surface area contributed by atoms with Crippen LogP contribution in [-0.4, -0.2) is 76.8 Å². The number of amides is 2. The molecule has 11 heteroatoms. The number of alkyl halides is 3. The van der Waals surface area contributed by atoms with E-state index in [1.54, 1.807) is 34.8 Å². The van der Waals surface area contributed by atoms with E-state index in [1.807, 2.05) is 0 Å². The zero-order valence-electron chi connectivity index (χ0n) is 17.8. The molecule has 2 aliphatic heterocycles. The van der Waals surface area contributed by atoms with Crippen molar-refractivity contribution in [3.8, 4) is 0 Å². The summed E-state index contributed by atoms with van der Waals surface area (Å²) in [5.74, 6) is -0.643. The molecule has 1 aromatic carbocycles. The van der Waals surface area contributed by atoms with Crippen LogP contribution >= 0.6 is 22.7 Å². The molecule has 3 aromatic rings. The summed E-state index contributed by atoms with van der Waals surface area (Å²) in [5.41, 5.74) is 1.98. The number of aromatic nitrogens is 1. The Hall–Kier alpha value is -2.50. The second kappa shape index (κ2) is 8.37. The molecule has 0 saturated carbocycles. The Labute approximate surface area is 196 Å². The number of carbonyl (C=O) groups excluding carboxylic acids is 2. The number of aryl methyl sites for hydroxylation is 1. The molecule has 2 aromatic heterocycles. The third-order valence-electron chi connectivity index (χ3n) is 6.24. The summed E-state index contributed by atoms with van der Waals surface area (Å²) < 4.78 is 42.0. The molecule has 2 aliphatic rings. The zero-order chi connectivity index (χ0) is 23.3. The summed E-state index contributed by atoms with van der Waals surface area (Å²) in [6.07, 6.45) is -4.60. The van der Waals surface area contributed by atoms with Crippen LogP contribution in [0.5, 0.6) is 0 Å². The topological polar surface area (TPSA) is 56.8 Å². The number of hydrogen-bond donors (Lipinski definition) is 0. The maximum absolute atomic E-state index is 13.9. The number of piperazine rings is 1. The second-order valence-electron chi connectivity index (χ2n) is 8.37. The maximum Gasteiger partial charge on any atom is 0.418 e. The number of rotatable bonds is 3. The minimum atomic E-state index is -4.60. The van der Waals surface area contributed by atoms with Crippen molar-refractivity contribution in [2.45, 2.75) is 19.1 Å². The molecular weight excluding hydrogens is 473 g/mol. The largest absolute Gasteiger partial charge is 0.418 e. The molecule has 6 nitrogen and oxygen atoms in total. The molecular formula is C22H21F3N4O2S2. The summed E-state index contributed by atoms with van der Waals surface area (Å²) in [6, 6.07) is 4.99. The average Bonchev–Trinajstić information content (AvgIpc) is 3.40. The molecule has 2 fully saturated rings. The third-order valence-corrected chi connectivity index (χ3v) is 7.99. The predicted octanol–water partition coefficient (Wildman–Crippen LogP) is 3.97. The lowest BCUT2D eigenvalue weighted by atomic mass is 10.0. The molecule has 2 saturated heterocycles. The SMILES string of the molecule is Cc1ccc2sc(C(=O)N3CC(N4CCN(C(=O)c5cscn5)CC4)C3)c(C(F)(F)F)c2c1. The number of thiophene rings is 1. The zero-order valence-corrected chi connectivity index (χ0v) is 19.4. The molecule has 0 N–H and O–H groups in total. The van der Waals surface area contributed by atoms with Gasteiger partial charge in [0.2, 0.25) is 0 Å². The van der Waals surface area contributed by atoms with Crippen LogP contribution < -0.4 is 0 Å². The van der Waals surface area contributed by atoms with Gasteiger partial charge in [0.25, 0.3) is 11.8 Å². The fraction of sp³-hybridized carbons (Fsp3) is 0.409. The standard InChI is InChI=1S/C22H21F3N4O2S2/c1-13-2-3-17-15(8-13)18(22(23,24)25)19(33-17)21(31)29-9-14(10-29)27-4-6-28(7-5-27)20(30)16-11-32-12-26-16/h2-3,8,11-12,14H,4-7,9-10H2,1H3. The number of thiazole rings is 1. The van der Waals surface area contributed by atoms with E-state index in [4.69, 9.17) is 0 Å². The Morgan fingerprint density at radius 3 is 2.42 bits per heavy atom. The second-order valence-corrected chi connectivity index (χ2v) is 10.1. The number of halogens is 3. The van der Waals surface area contributed by atoms with Crippen LogP contribution in [0.3, 0.4) is 0 Å². The molecule has 4 heterocycles. The monoisotopic (exact) mass is 494 g/mol. The van der Waals surface area contributed by atoms with Crippen molar-refractivity contribution < 1.29 is 22.8 Å². The normalized spacial score (nSPS) is 18.1. The molecule has 0 unspecified atom stereocenters. The van der Waals surface area contributed by atoms with Crippen molar-refractivity contribution in [1.82, 2.24) is 19.7 Å². The van der Waals surface area contributed by atoms with E-state index in [-0.39, 0.29) is 22.2 Å². The van der Waals surface area contributed by atoms with Crippen LogP contribution in [0.1, 0.15) is 31.3 Å². The van der Waals surface area contributed by atoms with Gasteiger partial charge in [-0.15, -0.1) is 22.7 Å². The van der Waals surface area contributed by atoms with Gasteiger partial charge >= 0.3 is 6.18 Å². The first kappa shape index (κ1) is 22.3. The number of fused-ring (bicyclic) bond motifs is 1. The lowest BCUT2D eigenvalue weighted by Gasteiger charge is -2.48. The highest BCUT2D eigenvalue weighted by atomic mass is 32.1. The fourth-order valence-corrected chi connectivity index (χ4v) is 6.11. The lowest BCUT2D eigenvalue weighted by Crippen LogP contribution is -2.64. The van der Waals surface area contributed by atoms with Crippen molar-refractivity contribution >= 4 is 44.6 Å². The van der Waals surface area contributed by atoms with E-state index in [2.05, 4.69) is 9.88 Å². The summed E-state index contributed by atoms with van der Waals surface area (Å²) in [5, 5.41) is 1.82. The van der Waals surface area contributed by atoms with E-state index in [0.29, 0.717) is 49.7 Å². The molecule has 174 valence electrons. The van der Waals surface area contributed by atoms with Crippen LogP contribution in [0, 0.1) is 6.92 Å². The summed E-state index contributed by atoms with van der Waals surface area (Å²) in [7, 11) is 0. The van der Waals surface area contributed by atoms with Gasteiger partial charge in [0.15, 0.2) is 0 Å². The molecule has 33 heavy (non-hydrogen) atoms. The molecule has 0 bridgehead atoms. The lowest BCUT2D eigenvalue weighted by molar-refractivity contribution is -0.136. The van der Waals surface area contributed by atoms with Crippen LogP contribution in [0.4, 0.5) is 13.2 Å². The smallest absolute Gasteiger partial charge is 0.335 e. The quantitative estimate of drug-likeness (QED) is 0.553. The van der Waals surface area contributed by atoms with Crippen molar-refractivity contribution in [1.29, 1.82) is 0 Å². The van der Waals surface area contributed by atoms with Gasteiger partial charge in [0.05, 0.1) is 11.1 Å². The van der Waals surface area contributed by atoms with Crippen LogP contribution in [0.15, 0.2) is 29.1 Å². The van der Waals surface area contributed by atoms with E-state index >= 15 is 0 Å². The molecule has 0 aliphatic carbocycles.